The molecule has 3 N–H and O–H groups in total. The highest BCUT2D eigenvalue weighted by Crippen LogP contribution is 2.02. The zero-order chi connectivity index (χ0) is 14.3. The molecule has 0 saturated heterocycles. The molecule has 0 saturated carbocycles. The van der Waals surface area contributed by atoms with Gasteiger partial charge in [0.25, 0.3) is 0 Å². The molecule has 19 heavy (non-hydrogen) atoms. The highest BCUT2D eigenvalue weighted by atomic mass is 19.1. The summed E-state index contributed by atoms with van der Waals surface area (Å²) in [6.07, 6.45) is -0.189. The summed E-state index contributed by atoms with van der Waals surface area (Å²) in [6, 6.07) is 5.92. The molecule has 0 aromatic heterocycles. The zero-order valence-corrected chi connectivity index (χ0v) is 10.6. The van der Waals surface area contributed by atoms with Crippen LogP contribution in [0.3, 0.4) is 0 Å². The van der Waals surface area contributed by atoms with Crippen molar-refractivity contribution in [1.82, 2.24) is 10.6 Å². The van der Waals surface area contributed by atoms with Crippen LogP contribution in [0.15, 0.2) is 24.3 Å². The van der Waals surface area contributed by atoms with Crippen molar-refractivity contribution in [3.8, 4) is 0 Å². The van der Waals surface area contributed by atoms with E-state index >= 15 is 0 Å². The van der Waals surface area contributed by atoms with Crippen molar-refractivity contribution in [2.45, 2.75) is 19.4 Å². The largest absolute Gasteiger partial charge is 0.392 e. The average molecular weight is 268 g/mol. The van der Waals surface area contributed by atoms with Gasteiger partial charge >= 0.3 is 11.8 Å². The Kier molecular flexibility index (Phi) is 5.95. The van der Waals surface area contributed by atoms with E-state index in [2.05, 4.69) is 10.6 Å². The topological polar surface area (TPSA) is 78.4 Å². The lowest BCUT2D eigenvalue weighted by Crippen LogP contribution is -2.42. The van der Waals surface area contributed by atoms with Crippen molar-refractivity contribution in [3.05, 3.63) is 35.6 Å². The van der Waals surface area contributed by atoms with Crippen LogP contribution in [-0.2, 0) is 16.0 Å². The van der Waals surface area contributed by atoms with Gasteiger partial charge in [0.15, 0.2) is 0 Å². The molecule has 104 valence electrons. The Balaban J connectivity index is 2.26. The number of aliphatic hydroxyl groups excluding tert-OH is 1. The monoisotopic (exact) mass is 268 g/mol. The maximum atomic E-state index is 12.6. The van der Waals surface area contributed by atoms with E-state index in [0.29, 0.717) is 6.42 Å². The van der Waals surface area contributed by atoms with Gasteiger partial charge in [-0.2, -0.15) is 0 Å². The minimum Gasteiger partial charge on any atom is -0.392 e. The van der Waals surface area contributed by atoms with Crippen LogP contribution >= 0.6 is 0 Å². The molecule has 1 atom stereocenters. The van der Waals surface area contributed by atoms with Gasteiger partial charge in [0.1, 0.15) is 5.82 Å². The molecule has 2 amide bonds. The summed E-state index contributed by atoms with van der Waals surface area (Å²) in [4.78, 5) is 22.6. The smallest absolute Gasteiger partial charge is 0.309 e. The van der Waals surface area contributed by atoms with Gasteiger partial charge in [-0.15, -0.1) is 0 Å². The van der Waals surface area contributed by atoms with Crippen molar-refractivity contribution in [2.24, 2.45) is 0 Å². The third kappa shape index (κ3) is 5.96. The zero-order valence-electron chi connectivity index (χ0n) is 10.6. The first-order valence-corrected chi connectivity index (χ1v) is 5.97. The molecule has 0 radical (unpaired) electrons. The van der Waals surface area contributed by atoms with Crippen molar-refractivity contribution in [1.29, 1.82) is 0 Å². The summed E-state index contributed by atoms with van der Waals surface area (Å²) in [5, 5.41) is 13.7. The number of benzene rings is 1. The molecular weight excluding hydrogens is 251 g/mol. The molecule has 0 spiro atoms. The Morgan fingerprint density at radius 1 is 1.21 bits per heavy atom. The molecule has 1 unspecified atom stereocenters. The quantitative estimate of drug-likeness (QED) is 0.657. The number of carbonyl (C=O) groups excluding carboxylic acids is 2. The standard InChI is InChI=1S/C13H17FN2O3/c1-9(17)8-16-13(19)12(18)15-7-6-10-2-4-11(14)5-3-10/h2-5,9,17H,6-8H2,1H3,(H,15,18)(H,16,19). The van der Waals surface area contributed by atoms with Crippen LogP contribution in [0.25, 0.3) is 0 Å². The second kappa shape index (κ2) is 7.48. The van der Waals surface area contributed by atoms with Gasteiger partial charge in [0, 0.05) is 13.1 Å². The molecule has 1 aromatic rings. The molecule has 1 aromatic carbocycles. The van der Waals surface area contributed by atoms with E-state index in [1.165, 1.54) is 19.1 Å². The minimum absolute atomic E-state index is 0.0320. The highest BCUT2D eigenvalue weighted by molar-refractivity contribution is 6.35. The molecule has 0 bridgehead atoms. The lowest BCUT2D eigenvalue weighted by Gasteiger charge is -2.07. The third-order valence-electron chi connectivity index (χ3n) is 2.38. The minimum atomic E-state index is -0.778. The van der Waals surface area contributed by atoms with Crippen LogP contribution in [-0.4, -0.2) is 36.1 Å². The van der Waals surface area contributed by atoms with Crippen LogP contribution in [0.2, 0.25) is 0 Å². The maximum absolute atomic E-state index is 12.6. The molecule has 0 aliphatic carbocycles. The van der Waals surface area contributed by atoms with Crippen molar-refractivity contribution < 1.29 is 19.1 Å². The molecule has 0 fully saturated rings. The Morgan fingerprint density at radius 3 is 2.37 bits per heavy atom. The number of nitrogens with one attached hydrogen (secondary N) is 2. The molecule has 1 rings (SSSR count). The number of hydrogen-bond donors (Lipinski definition) is 3. The summed E-state index contributed by atoms with van der Waals surface area (Å²) in [5.41, 5.74) is 0.867. The first-order valence-electron chi connectivity index (χ1n) is 5.97. The van der Waals surface area contributed by atoms with E-state index in [1.54, 1.807) is 12.1 Å². The Labute approximate surface area is 110 Å². The van der Waals surface area contributed by atoms with Crippen LogP contribution < -0.4 is 10.6 Å². The summed E-state index contributed by atoms with van der Waals surface area (Å²) in [7, 11) is 0. The predicted octanol–water partition coefficient (Wildman–Crippen LogP) is -0.0186. The fourth-order valence-electron chi connectivity index (χ4n) is 1.37. The first kappa shape index (κ1) is 15.1. The van der Waals surface area contributed by atoms with Gasteiger partial charge in [-0.3, -0.25) is 9.59 Å². The molecular formula is C13H17FN2O3. The number of rotatable bonds is 5. The molecule has 5 nitrogen and oxygen atoms in total. The van der Waals surface area contributed by atoms with E-state index in [-0.39, 0.29) is 18.9 Å². The number of halogens is 1. The Hall–Kier alpha value is -1.95. The predicted molar refractivity (Wildman–Crippen MR) is 67.8 cm³/mol. The van der Waals surface area contributed by atoms with Gasteiger partial charge in [-0.25, -0.2) is 4.39 Å². The summed E-state index contributed by atoms with van der Waals surface area (Å²) >= 11 is 0. The summed E-state index contributed by atoms with van der Waals surface area (Å²) in [5.74, 6) is -1.84. The van der Waals surface area contributed by atoms with Crippen molar-refractivity contribution in [3.63, 3.8) is 0 Å². The second-order valence-electron chi connectivity index (χ2n) is 4.19. The molecule has 0 aliphatic rings. The fourth-order valence-corrected chi connectivity index (χ4v) is 1.37. The lowest BCUT2D eigenvalue weighted by molar-refractivity contribution is -0.139. The Morgan fingerprint density at radius 2 is 1.79 bits per heavy atom. The SMILES string of the molecule is CC(O)CNC(=O)C(=O)NCCc1ccc(F)cc1. The van der Waals surface area contributed by atoms with Gasteiger partial charge < -0.3 is 15.7 Å². The van der Waals surface area contributed by atoms with Gasteiger partial charge in [0.2, 0.25) is 0 Å². The maximum Gasteiger partial charge on any atom is 0.309 e. The van der Waals surface area contributed by atoms with Crippen LogP contribution in [0.1, 0.15) is 12.5 Å². The normalized spacial score (nSPS) is 11.7. The van der Waals surface area contributed by atoms with Crippen LogP contribution in [0.4, 0.5) is 4.39 Å². The summed E-state index contributed by atoms with van der Waals surface area (Å²) in [6.45, 7) is 1.82. The fraction of sp³-hybridized carbons (Fsp3) is 0.385. The van der Waals surface area contributed by atoms with E-state index < -0.39 is 17.9 Å². The van der Waals surface area contributed by atoms with E-state index in [1.807, 2.05) is 0 Å². The van der Waals surface area contributed by atoms with Crippen LogP contribution in [0, 0.1) is 5.82 Å². The number of aliphatic hydroxyl groups is 1. The van der Waals surface area contributed by atoms with Crippen LogP contribution in [0.5, 0.6) is 0 Å². The molecule has 0 aliphatic heterocycles. The third-order valence-corrected chi connectivity index (χ3v) is 2.38. The first-order chi connectivity index (χ1) is 8.99. The van der Waals surface area contributed by atoms with Gasteiger partial charge in [-0.05, 0) is 31.0 Å². The molecule has 6 heteroatoms. The van der Waals surface area contributed by atoms with E-state index in [4.69, 9.17) is 5.11 Å². The van der Waals surface area contributed by atoms with Gasteiger partial charge in [-0.1, -0.05) is 12.1 Å². The molecule has 0 heterocycles. The number of carbonyl (C=O) groups is 2. The van der Waals surface area contributed by atoms with Crippen molar-refractivity contribution in [2.75, 3.05) is 13.1 Å². The number of hydrogen-bond acceptors (Lipinski definition) is 3. The second-order valence-corrected chi connectivity index (χ2v) is 4.19. The van der Waals surface area contributed by atoms with E-state index in [0.717, 1.165) is 5.56 Å². The van der Waals surface area contributed by atoms with Gasteiger partial charge in [0.05, 0.1) is 6.10 Å². The van der Waals surface area contributed by atoms with E-state index in [9.17, 15) is 14.0 Å². The lowest BCUT2D eigenvalue weighted by atomic mass is 10.1. The Bertz CT molecular complexity index is 432. The van der Waals surface area contributed by atoms with Crippen molar-refractivity contribution >= 4 is 11.8 Å². The average Bonchev–Trinajstić information content (AvgIpc) is 2.38. The highest BCUT2D eigenvalue weighted by Gasteiger charge is 2.12. The number of amides is 2. The summed E-state index contributed by atoms with van der Waals surface area (Å²) < 4.78 is 12.6.